The van der Waals surface area contributed by atoms with Crippen molar-refractivity contribution in [2.24, 2.45) is 5.41 Å². The van der Waals surface area contributed by atoms with Gasteiger partial charge in [0.25, 0.3) is 0 Å². The van der Waals surface area contributed by atoms with Crippen LogP contribution in [0.2, 0.25) is 0 Å². The van der Waals surface area contributed by atoms with Gasteiger partial charge in [-0.25, -0.2) is 0 Å². The molecule has 0 amide bonds. The highest BCUT2D eigenvalue weighted by Crippen LogP contribution is 2.33. The van der Waals surface area contributed by atoms with Crippen LogP contribution < -0.4 is 0 Å². The van der Waals surface area contributed by atoms with Crippen LogP contribution in [0.5, 0.6) is 0 Å². The summed E-state index contributed by atoms with van der Waals surface area (Å²) in [6.45, 7) is 5.12. The molecule has 17 heavy (non-hydrogen) atoms. The number of hydrogen-bond donors (Lipinski definition) is 0. The number of alkyl halides is 1. The Morgan fingerprint density at radius 3 is 2.76 bits per heavy atom. The van der Waals surface area contributed by atoms with Gasteiger partial charge in [-0.3, -0.25) is 4.90 Å². The van der Waals surface area contributed by atoms with E-state index in [0.29, 0.717) is 12.0 Å². The Bertz CT molecular complexity index is 287. The summed E-state index contributed by atoms with van der Waals surface area (Å²) in [7, 11) is 0. The summed E-state index contributed by atoms with van der Waals surface area (Å²) >= 11 is 3.65. The lowest BCUT2D eigenvalue weighted by Gasteiger charge is -2.41. The van der Waals surface area contributed by atoms with Crippen LogP contribution in [-0.4, -0.2) is 55.8 Å². The Balaban J connectivity index is 1.91. The topological polar surface area (TPSA) is 45.5 Å². The van der Waals surface area contributed by atoms with Crippen molar-refractivity contribution in [1.29, 1.82) is 5.26 Å². The van der Waals surface area contributed by atoms with E-state index in [2.05, 4.69) is 26.9 Å². The Labute approximate surface area is 111 Å². The van der Waals surface area contributed by atoms with E-state index >= 15 is 0 Å². The summed E-state index contributed by atoms with van der Waals surface area (Å²) in [5.74, 6) is 0. The first-order valence-electron chi connectivity index (χ1n) is 6.15. The van der Waals surface area contributed by atoms with E-state index in [0.717, 1.165) is 51.0 Å². The summed E-state index contributed by atoms with van der Waals surface area (Å²) in [6.07, 6.45) is 1.95. The normalized spacial score (nSPS) is 29.8. The monoisotopic (exact) mass is 302 g/mol. The van der Waals surface area contributed by atoms with E-state index in [1.54, 1.807) is 0 Å². The van der Waals surface area contributed by atoms with Gasteiger partial charge in [0.15, 0.2) is 6.10 Å². The van der Waals surface area contributed by atoms with Crippen LogP contribution in [0.15, 0.2) is 0 Å². The first kappa shape index (κ1) is 13.3. The minimum Gasteiger partial charge on any atom is -0.381 e. The average Bonchev–Trinajstić information content (AvgIpc) is 2.40. The van der Waals surface area contributed by atoms with Crippen molar-refractivity contribution < 1.29 is 9.47 Å². The number of nitriles is 1. The minimum absolute atomic E-state index is 0.254. The van der Waals surface area contributed by atoms with Crippen molar-refractivity contribution in [2.75, 3.05) is 44.8 Å². The van der Waals surface area contributed by atoms with Gasteiger partial charge in [0.2, 0.25) is 0 Å². The molecule has 0 spiro atoms. The third kappa shape index (κ3) is 3.41. The lowest BCUT2D eigenvalue weighted by molar-refractivity contribution is -0.0366. The lowest BCUT2D eigenvalue weighted by Crippen LogP contribution is -2.49. The predicted octanol–water partition coefficient (Wildman–Crippen LogP) is 1.40. The molecule has 0 saturated carbocycles. The number of hydrogen-bond acceptors (Lipinski definition) is 4. The molecule has 0 aromatic heterocycles. The fourth-order valence-corrected chi connectivity index (χ4v) is 3.28. The Kier molecular flexibility index (Phi) is 4.80. The van der Waals surface area contributed by atoms with E-state index < -0.39 is 0 Å². The van der Waals surface area contributed by atoms with Gasteiger partial charge in [-0.1, -0.05) is 15.9 Å². The van der Waals surface area contributed by atoms with Gasteiger partial charge >= 0.3 is 0 Å². The number of nitrogens with zero attached hydrogens (tertiary/aromatic N) is 2. The number of morpholine rings is 1. The van der Waals surface area contributed by atoms with Gasteiger partial charge in [-0.05, 0) is 18.3 Å². The van der Waals surface area contributed by atoms with Crippen molar-refractivity contribution in [1.82, 2.24) is 4.90 Å². The van der Waals surface area contributed by atoms with Gasteiger partial charge in [0.05, 0.1) is 12.7 Å². The molecule has 0 N–H and O–H groups in total. The molecule has 2 aliphatic rings. The molecule has 2 heterocycles. The molecule has 0 aromatic carbocycles. The third-order valence-electron chi connectivity index (χ3n) is 3.69. The molecular formula is C12H19BrN2O2. The number of rotatable bonds is 3. The van der Waals surface area contributed by atoms with Crippen LogP contribution in [0, 0.1) is 16.7 Å². The molecule has 2 fully saturated rings. The molecule has 1 atom stereocenters. The molecule has 2 saturated heterocycles. The molecule has 0 aromatic rings. The van der Waals surface area contributed by atoms with Gasteiger partial charge in [0, 0.05) is 38.2 Å². The Morgan fingerprint density at radius 2 is 2.12 bits per heavy atom. The van der Waals surface area contributed by atoms with Crippen LogP contribution in [0.4, 0.5) is 0 Å². The maximum Gasteiger partial charge on any atom is 0.156 e. The first-order chi connectivity index (χ1) is 8.28. The largest absolute Gasteiger partial charge is 0.381 e. The van der Waals surface area contributed by atoms with Crippen molar-refractivity contribution in [2.45, 2.75) is 18.9 Å². The lowest BCUT2D eigenvalue weighted by atomic mass is 9.81. The Hall–Kier alpha value is -0.150. The molecule has 5 heteroatoms. The summed E-state index contributed by atoms with van der Waals surface area (Å²) < 4.78 is 10.8. The predicted molar refractivity (Wildman–Crippen MR) is 68.1 cm³/mol. The van der Waals surface area contributed by atoms with E-state index in [1.165, 1.54) is 0 Å². The van der Waals surface area contributed by atoms with Crippen LogP contribution in [0.3, 0.4) is 0 Å². The highest BCUT2D eigenvalue weighted by atomic mass is 79.9. The first-order valence-corrected chi connectivity index (χ1v) is 7.27. The maximum absolute atomic E-state index is 8.91. The summed E-state index contributed by atoms with van der Waals surface area (Å²) in [4.78, 5) is 2.37. The second-order valence-electron chi connectivity index (χ2n) is 4.97. The van der Waals surface area contributed by atoms with Crippen LogP contribution in [0.25, 0.3) is 0 Å². The molecular weight excluding hydrogens is 284 g/mol. The SMILES string of the molecule is N#CC1CN(CC2(CBr)CCOCC2)CCO1. The standard InChI is InChI=1S/C12H19BrN2O2/c13-9-12(1-4-16-5-2-12)10-15-3-6-17-11(7-14)8-15/h11H,1-6,8-10H2. The zero-order valence-electron chi connectivity index (χ0n) is 10.0. The van der Waals surface area contributed by atoms with Crippen LogP contribution >= 0.6 is 15.9 Å². The van der Waals surface area contributed by atoms with Crippen molar-refractivity contribution in [3.05, 3.63) is 0 Å². The smallest absolute Gasteiger partial charge is 0.156 e. The van der Waals surface area contributed by atoms with Gasteiger partial charge in [-0.2, -0.15) is 5.26 Å². The van der Waals surface area contributed by atoms with E-state index in [4.69, 9.17) is 14.7 Å². The molecule has 4 nitrogen and oxygen atoms in total. The molecule has 2 aliphatic heterocycles. The quantitative estimate of drug-likeness (QED) is 0.740. The van der Waals surface area contributed by atoms with E-state index in [9.17, 15) is 0 Å². The zero-order chi connectivity index (χ0) is 12.1. The van der Waals surface area contributed by atoms with Crippen molar-refractivity contribution >= 4 is 15.9 Å². The van der Waals surface area contributed by atoms with E-state index in [1.807, 2.05) is 0 Å². The number of ether oxygens (including phenoxy) is 2. The zero-order valence-corrected chi connectivity index (χ0v) is 11.6. The molecule has 0 aliphatic carbocycles. The second-order valence-corrected chi connectivity index (χ2v) is 5.53. The molecule has 0 radical (unpaired) electrons. The van der Waals surface area contributed by atoms with E-state index in [-0.39, 0.29) is 6.10 Å². The molecule has 2 rings (SSSR count). The fourth-order valence-electron chi connectivity index (χ4n) is 2.54. The molecule has 96 valence electrons. The highest BCUT2D eigenvalue weighted by molar-refractivity contribution is 9.09. The maximum atomic E-state index is 8.91. The molecule has 1 unspecified atom stereocenters. The highest BCUT2D eigenvalue weighted by Gasteiger charge is 2.35. The second kappa shape index (κ2) is 6.14. The minimum atomic E-state index is -0.254. The Morgan fingerprint density at radius 1 is 1.35 bits per heavy atom. The fraction of sp³-hybridized carbons (Fsp3) is 0.917. The number of halogens is 1. The van der Waals surface area contributed by atoms with Gasteiger partial charge in [-0.15, -0.1) is 0 Å². The average molecular weight is 303 g/mol. The third-order valence-corrected chi connectivity index (χ3v) is 4.88. The van der Waals surface area contributed by atoms with Crippen LogP contribution in [-0.2, 0) is 9.47 Å². The summed E-state index contributed by atoms with van der Waals surface area (Å²) in [5.41, 5.74) is 0.315. The summed E-state index contributed by atoms with van der Waals surface area (Å²) in [5, 5.41) is 9.92. The van der Waals surface area contributed by atoms with Crippen molar-refractivity contribution in [3.63, 3.8) is 0 Å². The van der Waals surface area contributed by atoms with Gasteiger partial charge in [0.1, 0.15) is 0 Å². The van der Waals surface area contributed by atoms with Crippen LogP contribution in [0.1, 0.15) is 12.8 Å². The van der Waals surface area contributed by atoms with Gasteiger partial charge < -0.3 is 9.47 Å². The van der Waals surface area contributed by atoms with Crippen molar-refractivity contribution in [3.8, 4) is 6.07 Å². The summed E-state index contributed by atoms with van der Waals surface area (Å²) in [6, 6.07) is 2.20. The molecule has 0 bridgehead atoms.